The molecule has 0 saturated carbocycles. The maximum Gasteiger partial charge on any atom is 0.190 e. The van der Waals surface area contributed by atoms with E-state index in [2.05, 4.69) is 57.8 Å². The number of nitrogens with one attached hydrogen (secondary N) is 2. The van der Waals surface area contributed by atoms with Gasteiger partial charge in [-0.3, -0.25) is 9.89 Å². The number of likely N-dealkylation sites (tertiary alicyclic amines) is 1. The molecule has 0 amide bonds. The van der Waals surface area contributed by atoms with Crippen molar-refractivity contribution in [3.63, 3.8) is 0 Å². The number of guanidine groups is 1. The first-order valence-corrected chi connectivity index (χ1v) is 6.93. The average molecular weight is 260 g/mol. The van der Waals surface area contributed by atoms with E-state index in [9.17, 15) is 0 Å². The van der Waals surface area contributed by atoms with E-state index in [0.29, 0.717) is 12.1 Å². The highest BCUT2D eigenvalue weighted by molar-refractivity contribution is 5.79. The molecule has 104 valence electrons. The van der Waals surface area contributed by atoms with E-state index in [1.807, 2.05) is 7.05 Å². The lowest BCUT2D eigenvalue weighted by atomic mass is 10.1. The van der Waals surface area contributed by atoms with Crippen molar-refractivity contribution in [2.75, 3.05) is 20.6 Å². The van der Waals surface area contributed by atoms with Crippen molar-refractivity contribution in [3.05, 3.63) is 35.9 Å². The highest BCUT2D eigenvalue weighted by Crippen LogP contribution is 2.20. The molecule has 2 atom stereocenters. The van der Waals surface area contributed by atoms with Gasteiger partial charge in [-0.15, -0.1) is 0 Å². The monoisotopic (exact) mass is 260 g/mol. The first-order chi connectivity index (χ1) is 9.24. The van der Waals surface area contributed by atoms with E-state index < -0.39 is 0 Å². The SMILES string of the molecule is CN=C(NC)NC1CCN(Cc2ccccc2)C1C. The molecule has 19 heavy (non-hydrogen) atoms. The minimum absolute atomic E-state index is 0.467. The van der Waals surface area contributed by atoms with Gasteiger partial charge >= 0.3 is 0 Å². The van der Waals surface area contributed by atoms with Crippen LogP contribution in [0.4, 0.5) is 0 Å². The molecule has 2 unspecified atom stereocenters. The van der Waals surface area contributed by atoms with E-state index >= 15 is 0 Å². The van der Waals surface area contributed by atoms with E-state index in [-0.39, 0.29) is 0 Å². The summed E-state index contributed by atoms with van der Waals surface area (Å²) in [4.78, 5) is 6.71. The number of rotatable bonds is 3. The molecule has 1 aromatic carbocycles. The van der Waals surface area contributed by atoms with Gasteiger partial charge in [-0.1, -0.05) is 30.3 Å². The lowest BCUT2D eigenvalue weighted by Crippen LogP contribution is -2.47. The fourth-order valence-corrected chi connectivity index (χ4v) is 2.66. The quantitative estimate of drug-likeness (QED) is 0.638. The molecule has 4 heteroatoms. The van der Waals surface area contributed by atoms with Crippen molar-refractivity contribution in [3.8, 4) is 0 Å². The Morgan fingerprint density at radius 3 is 2.74 bits per heavy atom. The summed E-state index contributed by atoms with van der Waals surface area (Å²) in [6.45, 7) is 4.45. The molecular weight excluding hydrogens is 236 g/mol. The Bertz CT molecular complexity index is 415. The molecule has 0 radical (unpaired) electrons. The van der Waals surface area contributed by atoms with E-state index in [1.54, 1.807) is 7.05 Å². The molecule has 0 bridgehead atoms. The van der Waals surface area contributed by atoms with Crippen LogP contribution in [0, 0.1) is 0 Å². The molecule has 1 fully saturated rings. The summed E-state index contributed by atoms with van der Waals surface area (Å²) in [7, 11) is 3.71. The minimum atomic E-state index is 0.467. The Kier molecular flexibility index (Phi) is 4.80. The van der Waals surface area contributed by atoms with Gasteiger partial charge in [-0.25, -0.2) is 0 Å². The third-order valence-electron chi connectivity index (χ3n) is 3.90. The topological polar surface area (TPSA) is 39.7 Å². The van der Waals surface area contributed by atoms with Crippen LogP contribution in [-0.4, -0.2) is 43.6 Å². The summed E-state index contributed by atoms with van der Waals surface area (Å²) >= 11 is 0. The van der Waals surface area contributed by atoms with E-state index in [4.69, 9.17) is 0 Å². The van der Waals surface area contributed by atoms with Gasteiger partial charge in [0.15, 0.2) is 5.96 Å². The summed E-state index contributed by atoms with van der Waals surface area (Å²) in [6, 6.07) is 11.7. The lowest BCUT2D eigenvalue weighted by Gasteiger charge is -2.26. The molecule has 1 heterocycles. The van der Waals surface area contributed by atoms with Gasteiger partial charge in [0.25, 0.3) is 0 Å². The van der Waals surface area contributed by atoms with Crippen molar-refractivity contribution in [1.82, 2.24) is 15.5 Å². The second kappa shape index (κ2) is 6.57. The van der Waals surface area contributed by atoms with Crippen LogP contribution in [0.5, 0.6) is 0 Å². The first kappa shape index (κ1) is 13.9. The fraction of sp³-hybridized carbons (Fsp3) is 0.533. The smallest absolute Gasteiger partial charge is 0.190 e. The van der Waals surface area contributed by atoms with Crippen LogP contribution in [0.1, 0.15) is 18.9 Å². The largest absolute Gasteiger partial charge is 0.359 e. The number of nitrogens with zero attached hydrogens (tertiary/aromatic N) is 2. The fourth-order valence-electron chi connectivity index (χ4n) is 2.66. The third kappa shape index (κ3) is 3.47. The summed E-state index contributed by atoms with van der Waals surface area (Å²) < 4.78 is 0. The van der Waals surface area contributed by atoms with Crippen molar-refractivity contribution in [2.24, 2.45) is 4.99 Å². The molecule has 1 aliphatic heterocycles. The maximum atomic E-state index is 4.19. The van der Waals surface area contributed by atoms with Crippen LogP contribution in [0.3, 0.4) is 0 Å². The van der Waals surface area contributed by atoms with Gasteiger partial charge in [-0.05, 0) is 18.9 Å². The zero-order chi connectivity index (χ0) is 13.7. The predicted molar refractivity (Wildman–Crippen MR) is 80.3 cm³/mol. The normalized spacial score (nSPS) is 24.5. The Labute approximate surface area is 115 Å². The standard InChI is InChI=1S/C15H24N4/c1-12-14(18-15(16-2)17-3)9-10-19(12)11-13-7-5-4-6-8-13/h4-8,12,14H,9-11H2,1-3H3,(H2,16,17,18). The zero-order valence-electron chi connectivity index (χ0n) is 12.1. The van der Waals surface area contributed by atoms with Gasteiger partial charge in [-0.2, -0.15) is 0 Å². The van der Waals surface area contributed by atoms with Gasteiger partial charge < -0.3 is 10.6 Å². The molecule has 2 rings (SSSR count). The van der Waals surface area contributed by atoms with Gasteiger partial charge in [0.05, 0.1) is 0 Å². The Balaban J connectivity index is 1.92. The molecule has 1 saturated heterocycles. The molecule has 1 aliphatic rings. The second-order valence-corrected chi connectivity index (χ2v) is 5.06. The van der Waals surface area contributed by atoms with Crippen LogP contribution in [0.25, 0.3) is 0 Å². The number of hydrogen-bond donors (Lipinski definition) is 2. The highest BCUT2D eigenvalue weighted by atomic mass is 15.3. The van der Waals surface area contributed by atoms with E-state index in [0.717, 1.165) is 25.5 Å². The molecule has 0 aromatic heterocycles. The van der Waals surface area contributed by atoms with Crippen molar-refractivity contribution >= 4 is 5.96 Å². The minimum Gasteiger partial charge on any atom is -0.359 e. The van der Waals surface area contributed by atoms with Gasteiger partial charge in [0, 0.05) is 39.3 Å². The van der Waals surface area contributed by atoms with Crippen molar-refractivity contribution in [2.45, 2.75) is 32.0 Å². The van der Waals surface area contributed by atoms with Gasteiger partial charge in [0.2, 0.25) is 0 Å². The average Bonchev–Trinajstić information content (AvgIpc) is 2.78. The predicted octanol–water partition coefficient (Wildman–Crippen LogP) is 1.44. The van der Waals surface area contributed by atoms with Crippen LogP contribution < -0.4 is 10.6 Å². The molecule has 1 aromatic rings. The summed E-state index contributed by atoms with van der Waals surface area (Å²) in [5, 5.41) is 6.56. The lowest BCUT2D eigenvalue weighted by molar-refractivity contribution is 0.247. The summed E-state index contributed by atoms with van der Waals surface area (Å²) in [6.07, 6.45) is 1.16. The molecule has 2 N–H and O–H groups in total. The Morgan fingerprint density at radius 2 is 2.11 bits per heavy atom. The Morgan fingerprint density at radius 1 is 1.37 bits per heavy atom. The van der Waals surface area contributed by atoms with Crippen molar-refractivity contribution < 1.29 is 0 Å². The number of benzene rings is 1. The van der Waals surface area contributed by atoms with Gasteiger partial charge in [0.1, 0.15) is 0 Å². The summed E-state index contributed by atoms with van der Waals surface area (Å²) in [5.74, 6) is 0.874. The third-order valence-corrected chi connectivity index (χ3v) is 3.90. The van der Waals surface area contributed by atoms with Crippen LogP contribution in [-0.2, 0) is 6.54 Å². The number of hydrogen-bond acceptors (Lipinski definition) is 2. The van der Waals surface area contributed by atoms with Crippen LogP contribution in [0.2, 0.25) is 0 Å². The summed E-state index contributed by atoms with van der Waals surface area (Å²) in [5.41, 5.74) is 1.38. The van der Waals surface area contributed by atoms with Crippen LogP contribution in [0.15, 0.2) is 35.3 Å². The molecule has 4 nitrogen and oxygen atoms in total. The van der Waals surface area contributed by atoms with Crippen LogP contribution >= 0.6 is 0 Å². The second-order valence-electron chi connectivity index (χ2n) is 5.06. The zero-order valence-corrected chi connectivity index (χ0v) is 12.1. The van der Waals surface area contributed by atoms with Crippen molar-refractivity contribution in [1.29, 1.82) is 0 Å². The first-order valence-electron chi connectivity index (χ1n) is 6.93. The van der Waals surface area contributed by atoms with E-state index in [1.165, 1.54) is 5.56 Å². The molecule has 0 aliphatic carbocycles. The highest BCUT2D eigenvalue weighted by Gasteiger charge is 2.30. The maximum absolute atomic E-state index is 4.19. The number of aliphatic imine (C=N–C) groups is 1. The Hall–Kier alpha value is -1.55. The molecular formula is C15H24N4. The molecule has 0 spiro atoms.